The number of aryl methyl sites for hydroxylation is 1. The zero-order valence-corrected chi connectivity index (χ0v) is 15.9. The molecule has 0 bridgehead atoms. The van der Waals surface area contributed by atoms with Crippen molar-refractivity contribution in [3.63, 3.8) is 0 Å². The number of anilines is 2. The molecule has 0 spiro atoms. The summed E-state index contributed by atoms with van der Waals surface area (Å²) in [5, 5.41) is 5.95. The lowest BCUT2D eigenvalue weighted by Gasteiger charge is -2.14. The number of carbonyl (C=O) groups excluding carboxylic acids is 1. The summed E-state index contributed by atoms with van der Waals surface area (Å²) in [5.41, 5.74) is 12.3. The fraction of sp³-hybridized carbons (Fsp3) is 0.353. The predicted molar refractivity (Wildman–Crippen MR) is 106 cm³/mol. The van der Waals surface area contributed by atoms with Crippen LogP contribution in [0.2, 0.25) is 0 Å². The Kier molecular flexibility index (Phi) is 6.79. The van der Waals surface area contributed by atoms with Gasteiger partial charge in [-0.25, -0.2) is 14.8 Å². The van der Waals surface area contributed by atoms with Gasteiger partial charge in [0.15, 0.2) is 11.1 Å². The van der Waals surface area contributed by atoms with E-state index in [1.165, 1.54) is 11.3 Å². The van der Waals surface area contributed by atoms with Crippen LogP contribution in [0.3, 0.4) is 0 Å². The quantitative estimate of drug-likeness (QED) is 0.436. The first-order valence-corrected chi connectivity index (χ1v) is 8.96. The Balaban J connectivity index is 2.00. The number of rotatable bonds is 7. The van der Waals surface area contributed by atoms with E-state index in [1.807, 2.05) is 25.1 Å². The summed E-state index contributed by atoms with van der Waals surface area (Å²) in [6, 6.07) is 5.23. The molecule has 2 amide bonds. The fourth-order valence-electron chi connectivity index (χ4n) is 1.97. The second-order valence-corrected chi connectivity index (χ2v) is 7.27. The molecule has 0 aliphatic carbocycles. The zero-order valence-electron chi connectivity index (χ0n) is 15.1. The molecule has 0 radical (unpaired) electrons. The van der Waals surface area contributed by atoms with E-state index in [9.17, 15) is 4.79 Å². The molecule has 2 aromatic rings. The van der Waals surface area contributed by atoms with Gasteiger partial charge >= 0.3 is 6.03 Å². The summed E-state index contributed by atoms with van der Waals surface area (Å²) < 4.78 is 5.80. The maximum Gasteiger partial charge on any atom is 0.325 e. The number of nitrogens with one attached hydrogen (secondary N) is 2. The molecule has 0 aliphatic heterocycles. The van der Waals surface area contributed by atoms with E-state index >= 15 is 0 Å². The summed E-state index contributed by atoms with van der Waals surface area (Å²) in [7, 11) is 0. The summed E-state index contributed by atoms with van der Waals surface area (Å²) in [5.74, 6) is 1.04. The van der Waals surface area contributed by atoms with Crippen molar-refractivity contribution in [1.29, 1.82) is 0 Å². The van der Waals surface area contributed by atoms with Crippen molar-refractivity contribution in [1.82, 2.24) is 4.98 Å². The van der Waals surface area contributed by atoms with Crippen molar-refractivity contribution in [2.24, 2.45) is 22.4 Å². The van der Waals surface area contributed by atoms with Gasteiger partial charge in [-0.1, -0.05) is 31.3 Å². The molecule has 0 saturated carbocycles. The summed E-state index contributed by atoms with van der Waals surface area (Å²) in [4.78, 5) is 21.1. The maximum atomic E-state index is 12.3. The van der Waals surface area contributed by atoms with Gasteiger partial charge in [-0.05, 0) is 30.5 Å². The third-order valence-corrected chi connectivity index (χ3v) is 4.05. The molecule has 1 heterocycles. The smallest absolute Gasteiger partial charge is 0.325 e. The molecule has 2 rings (SSSR count). The van der Waals surface area contributed by atoms with Crippen LogP contribution in [0, 0.1) is 12.8 Å². The van der Waals surface area contributed by atoms with Crippen LogP contribution in [0.25, 0.3) is 0 Å². The first kappa shape index (κ1) is 19.5. The largest absolute Gasteiger partial charge is 0.491 e. The number of guanidine groups is 1. The highest BCUT2D eigenvalue weighted by atomic mass is 32.1. The predicted octanol–water partition coefficient (Wildman–Crippen LogP) is 2.90. The van der Waals surface area contributed by atoms with Crippen LogP contribution < -0.4 is 26.8 Å². The molecule has 6 N–H and O–H groups in total. The van der Waals surface area contributed by atoms with E-state index in [0.717, 1.165) is 10.4 Å². The Morgan fingerprint density at radius 1 is 1.35 bits per heavy atom. The Morgan fingerprint density at radius 2 is 2.12 bits per heavy atom. The van der Waals surface area contributed by atoms with Crippen LogP contribution in [0.4, 0.5) is 15.6 Å². The van der Waals surface area contributed by atoms with Gasteiger partial charge in [0.1, 0.15) is 5.75 Å². The van der Waals surface area contributed by atoms with Crippen LogP contribution in [0.1, 0.15) is 24.3 Å². The van der Waals surface area contributed by atoms with Gasteiger partial charge in [-0.15, -0.1) is 0 Å². The van der Waals surface area contributed by atoms with Crippen LogP contribution in [-0.4, -0.2) is 23.6 Å². The van der Waals surface area contributed by atoms with Gasteiger partial charge in [-0.2, -0.15) is 0 Å². The molecule has 8 nitrogen and oxygen atoms in total. The van der Waals surface area contributed by atoms with Gasteiger partial charge in [0, 0.05) is 11.1 Å². The van der Waals surface area contributed by atoms with E-state index in [2.05, 4.69) is 34.5 Å². The number of aliphatic imine (C=N–C) groups is 1. The Bertz CT molecular complexity index is 783. The molecule has 0 fully saturated rings. The lowest BCUT2D eigenvalue weighted by Crippen LogP contribution is -2.22. The fourth-order valence-corrected chi connectivity index (χ4v) is 2.70. The normalized spacial score (nSPS) is 10.5. The third kappa shape index (κ3) is 6.25. The standard InChI is InChI=1S/C17H24N6O2S/c1-10(2)9-25-14-6-11(3)4-5-13(14)22-16(24)23-17-21-8-12(26-17)7-20-15(18)19/h4-6,8,10H,7,9H2,1-3H3,(H4,18,19,20)(H2,21,22,23,24). The number of urea groups is 1. The number of carbonyl (C=O) groups is 1. The minimum atomic E-state index is -0.397. The Labute approximate surface area is 156 Å². The number of aromatic nitrogens is 1. The number of nitrogens with two attached hydrogens (primary N) is 2. The molecule has 0 unspecified atom stereocenters. The number of nitrogens with zero attached hydrogens (tertiary/aromatic N) is 2. The van der Waals surface area contributed by atoms with E-state index in [4.69, 9.17) is 16.2 Å². The highest BCUT2D eigenvalue weighted by molar-refractivity contribution is 7.15. The molecular formula is C17H24N6O2S. The molecule has 140 valence electrons. The number of hydrogen-bond donors (Lipinski definition) is 4. The van der Waals surface area contributed by atoms with E-state index in [0.29, 0.717) is 35.6 Å². The zero-order chi connectivity index (χ0) is 19.1. The molecular weight excluding hydrogens is 352 g/mol. The number of hydrogen-bond acceptors (Lipinski definition) is 5. The minimum absolute atomic E-state index is 0.0129. The van der Waals surface area contributed by atoms with Gasteiger partial charge in [-0.3, -0.25) is 5.32 Å². The topological polar surface area (TPSA) is 128 Å². The van der Waals surface area contributed by atoms with Gasteiger partial charge in [0.2, 0.25) is 0 Å². The molecule has 0 atom stereocenters. The van der Waals surface area contributed by atoms with E-state index < -0.39 is 6.03 Å². The Hall–Kier alpha value is -2.81. The molecule has 0 aliphatic rings. The molecule has 0 saturated heterocycles. The second kappa shape index (κ2) is 9.04. The highest BCUT2D eigenvalue weighted by Gasteiger charge is 2.11. The number of ether oxygens (including phenoxy) is 1. The molecule has 1 aromatic carbocycles. The van der Waals surface area contributed by atoms with Crippen LogP contribution >= 0.6 is 11.3 Å². The lowest BCUT2D eigenvalue weighted by atomic mass is 10.2. The van der Waals surface area contributed by atoms with Crippen molar-refractivity contribution >= 4 is 34.1 Å². The van der Waals surface area contributed by atoms with E-state index in [-0.39, 0.29) is 5.96 Å². The molecule has 9 heteroatoms. The summed E-state index contributed by atoms with van der Waals surface area (Å²) in [6.45, 7) is 7.00. The van der Waals surface area contributed by atoms with Crippen molar-refractivity contribution in [3.8, 4) is 5.75 Å². The lowest BCUT2D eigenvalue weighted by molar-refractivity contribution is 0.260. The highest BCUT2D eigenvalue weighted by Crippen LogP contribution is 2.27. The van der Waals surface area contributed by atoms with Crippen LogP contribution in [0.5, 0.6) is 5.75 Å². The maximum absolute atomic E-state index is 12.3. The minimum Gasteiger partial charge on any atom is -0.491 e. The molecule has 1 aromatic heterocycles. The Morgan fingerprint density at radius 3 is 2.81 bits per heavy atom. The van der Waals surface area contributed by atoms with Crippen LogP contribution in [-0.2, 0) is 6.54 Å². The first-order chi connectivity index (χ1) is 12.3. The second-order valence-electron chi connectivity index (χ2n) is 6.16. The van der Waals surface area contributed by atoms with Crippen molar-refractivity contribution in [2.45, 2.75) is 27.3 Å². The first-order valence-electron chi connectivity index (χ1n) is 8.15. The summed E-state index contributed by atoms with van der Waals surface area (Å²) in [6.07, 6.45) is 1.62. The van der Waals surface area contributed by atoms with Crippen molar-refractivity contribution in [3.05, 3.63) is 34.8 Å². The van der Waals surface area contributed by atoms with Crippen molar-refractivity contribution < 1.29 is 9.53 Å². The van der Waals surface area contributed by atoms with Crippen LogP contribution in [0.15, 0.2) is 29.4 Å². The average molecular weight is 376 g/mol. The SMILES string of the molecule is Cc1ccc(NC(=O)Nc2ncc(CN=C(N)N)s2)c(OCC(C)C)c1. The number of benzene rings is 1. The number of thiazole rings is 1. The number of amides is 2. The summed E-state index contributed by atoms with van der Waals surface area (Å²) >= 11 is 1.30. The van der Waals surface area contributed by atoms with Gasteiger partial charge < -0.3 is 21.5 Å². The third-order valence-electron chi connectivity index (χ3n) is 3.15. The molecule has 26 heavy (non-hydrogen) atoms. The van der Waals surface area contributed by atoms with Gasteiger partial charge in [0.25, 0.3) is 0 Å². The van der Waals surface area contributed by atoms with Gasteiger partial charge in [0.05, 0.1) is 18.8 Å². The van der Waals surface area contributed by atoms with E-state index in [1.54, 1.807) is 6.20 Å². The monoisotopic (exact) mass is 376 g/mol. The average Bonchev–Trinajstić information content (AvgIpc) is 3.00. The van der Waals surface area contributed by atoms with Crippen molar-refractivity contribution in [2.75, 3.05) is 17.2 Å².